The lowest BCUT2D eigenvalue weighted by Gasteiger charge is -2.31. The Morgan fingerprint density at radius 2 is 1.96 bits per heavy atom. The zero-order valence-electron chi connectivity index (χ0n) is 26.5. The zero-order valence-corrected chi connectivity index (χ0v) is 28.1. The maximum atomic E-state index is 13.8. The number of aromatic nitrogens is 4. The SMILES string of the molecule is CC[C@@H]1CN(Cc2cc([C@@H](CCc3cn(CC)nn3)C(C)(C)C(=O)OCc3ccccc3)sc2C)S(=O)(=O)c2cccnc2O1. The molecule has 240 valence electrons. The summed E-state index contributed by atoms with van der Waals surface area (Å²) in [6.07, 6.45) is 5.07. The fourth-order valence-electron chi connectivity index (χ4n) is 5.56. The van der Waals surface area contributed by atoms with Crippen molar-refractivity contribution in [3.05, 3.63) is 87.5 Å². The highest BCUT2D eigenvalue weighted by atomic mass is 32.2. The van der Waals surface area contributed by atoms with Gasteiger partial charge >= 0.3 is 5.97 Å². The predicted octanol–water partition coefficient (Wildman–Crippen LogP) is 5.91. The van der Waals surface area contributed by atoms with Crippen molar-refractivity contribution in [2.75, 3.05) is 6.54 Å². The molecule has 1 aliphatic heterocycles. The van der Waals surface area contributed by atoms with E-state index in [0.717, 1.165) is 33.1 Å². The number of carbonyl (C=O) groups excluding carboxylic acids is 1. The van der Waals surface area contributed by atoms with E-state index in [-0.39, 0.29) is 48.5 Å². The monoisotopic (exact) mass is 651 g/mol. The maximum Gasteiger partial charge on any atom is 0.312 e. The van der Waals surface area contributed by atoms with Gasteiger partial charge in [-0.3, -0.25) is 9.48 Å². The first-order valence-corrected chi connectivity index (χ1v) is 17.6. The van der Waals surface area contributed by atoms with Crippen LogP contribution in [-0.4, -0.2) is 51.3 Å². The molecule has 1 aromatic carbocycles. The molecule has 0 unspecified atom stereocenters. The van der Waals surface area contributed by atoms with Crippen LogP contribution in [0.1, 0.15) is 73.0 Å². The Balaban J connectivity index is 1.43. The first-order chi connectivity index (χ1) is 21.5. The fraction of sp³-hybridized carbons (Fsp3) is 0.455. The number of fused-ring (bicyclic) bond motifs is 1. The van der Waals surface area contributed by atoms with Crippen LogP contribution in [0, 0.1) is 12.3 Å². The number of benzene rings is 1. The summed E-state index contributed by atoms with van der Waals surface area (Å²) in [6.45, 7) is 11.2. The summed E-state index contributed by atoms with van der Waals surface area (Å²) in [5.41, 5.74) is 1.81. The molecule has 5 rings (SSSR count). The number of aryl methyl sites for hydroxylation is 3. The van der Waals surface area contributed by atoms with Crippen molar-refractivity contribution in [2.24, 2.45) is 5.41 Å². The van der Waals surface area contributed by atoms with Crippen molar-refractivity contribution in [1.82, 2.24) is 24.3 Å². The topological polar surface area (TPSA) is 117 Å². The molecule has 0 saturated heterocycles. The molecule has 0 spiro atoms. The first kappa shape index (κ1) is 32.8. The van der Waals surface area contributed by atoms with Crippen LogP contribution in [0.2, 0.25) is 0 Å². The van der Waals surface area contributed by atoms with Crippen molar-refractivity contribution in [3.8, 4) is 5.88 Å². The summed E-state index contributed by atoms with van der Waals surface area (Å²) in [5, 5.41) is 8.50. The first-order valence-electron chi connectivity index (χ1n) is 15.3. The van der Waals surface area contributed by atoms with Gasteiger partial charge in [-0.05, 0) is 76.3 Å². The van der Waals surface area contributed by atoms with Crippen molar-refractivity contribution in [2.45, 2.75) is 90.5 Å². The molecule has 10 nitrogen and oxygen atoms in total. The Kier molecular flexibility index (Phi) is 10.0. The number of carbonyl (C=O) groups is 1. The van der Waals surface area contributed by atoms with Crippen LogP contribution < -0.4 is 4.74 Å². The van der Waals surface area contributed by atoms with Gasteiger partial charge < -0.3 is 9.47 Å². The Morgan fingerprint density at radius 3 is 2.67 bits per heavy atom. The molecule has 0 aliphatic carbocycles. The number of hydrogen-bond donors (Lipinski definition) is 0. The molecule has 0 N–H and O–H groups in total. The van der Waals surface area contributed by atoms with Gasteiger partial charge in [0.2, 0.25) is 15.9 Å². The van der Waals surface area contributed by atoms with Crippen molar-refractivity contribution in [1.29, 1.82) is 0 Å². The molecule has 0 bridgehead atoms. The summed E-state index contributed by atoms with van der Waals surface area (Å²) < 4.78 is 42.7. The number of rotatable bonds is 12. The van der Waals surface area contributed by atoms with Crippen LogP contribution in [0.5, 0.6) is 5.88 Å². The number of hydrogen-bond acceptors (Lipinski definition) is 9. The van der Waals surface area contributed by atoms with E-state index in [4.69, 9.17) is 9.47 Å². The van der Waals surface area contributed by atoms with Crippen molar-refractivity contribution < 1.29 is 22.7 Å². The standard InChI is InChI=1S/C33H41N5O5S2/c1-6-27-21-38(45(40,41)30-14-11-17-34-31(30)43-27)19-25-18-29(44-23(25)3)28(16-15-26-20-37(7-2)36-35-26)33(4,5)32(39)42-22-24-12-9-8-10-13-24/h8-14,17-18,20,27-28H,6-7,15-16,19,21-22H2,1-5H3/t27-,28-/m1/s1. The van der Waals surface area contributed by atoms with E-state index in [2.05, 4.69) is 21.4 Å². The van der Waals surface area contributed by atoms with E-state index >= 15 is 0 Å². The Hall–Kier alpha value is -3.61. The predicted molar refractivity (Wildman–Crippen MR) is 172 cm³/mol. The highest BCUT2D eigenvalue weighted by molar-refractivity contribution is 7.89. The zero-order chi connectivity index (χ0) is 32.2. The molecule has 0 fully saturated rings. The van der Waals surface area contributed by atoms with Gasteiger partial charge in [-0.25, -0.2) is 13.4 Å². The van der Waals surface area contributed by atoms with Gasteiger partial charge in [0.15, 0.2) is 0 Å². The Morgan fingerprint density at radius 1 is 1.18 bits per heavy atom. The van der Waals surface area contributed by atoms with Gasteiger partial charge in [0, 0.05) is 41.2 Å². The van der Waals surface area contributed by atoms with E-state index in [9.17, 15) is 13.2 Å². The van der Waals surface area contributed by atoms with Gasteiger partial charge in [-0.1, -0.05) is 42.5 Å². The number of esters is 1. The summed E-state index contributed by atoms with van der Waals surface area (Å²) in [5.74, 6) is -0.351. The molecule has 4 aromatic rings. The number of ether oxygens (including phenoxy) is 2. The molecule has 45 heavy (non-hydrogen) atoms. The summed E-state index contributed by atoms with van der Waals surface area (Å²) in [4.78, 5) is 20.0. The van der Waals surface area contributed by atoms with Crippen LogP contribution in [0.15, 0.2) is 65.8 Å². The van der Waals surface area contributed by atoms with E-state index in [1.165, 1.54) is 4.31 Å². The number of nitrogens with zero attached hydrogens (tertiary/aromatic N) is 5. The lowest BCUT2D eigenvalue weighted by Crippen LogP contribution is -2.36. The second-order valence-corrected chi connectivity index (χ2v) is 15.1. The van der Waals surface area contributed by atoms with Crippen molar-refractivity contribution in [3.63, 3.8) is 0 Å². The van der Waals surface area contributed by atoms with Crippen molar-refractivity contribution >= 4 is 27.3 Å². The number of pyridine rings is 1. The van der Waals surface area contributed by atoms with Crippen LogP contribution in [-0.2, 0) is 45.7 Å². The molecule has 3 aromatic heterocycles. The van der Waals surface area contributed by atoms with E-state index in [1.807, 2.05) is 71.1 Å². The third-order valence-electron chi connectivity index (χ3n) is 8.43. The third kappa shape index (κ3) is 7.29. The smallest absolute Gasteiger partial charge is 0.312 e. The minimum absolute atomic E-state index is 0.0781. The molecule has 1 aliphatic rings. The Bertz CT molecular complexity index is 1720. The van der Waals surface area contributed by atoms with E-state index < -0.39 is 15.4 Å². The average Bonchev–Trinajstić information content (AvgIpc) is 3.62. The third-order valence-corrected chi connectivity index (χ3v) is 11.5. The molecular formula is C33H41N5O5S2. The maximum absolute atomic E-state index is 13.8. The normalized spacial score (nSPS) is 17.2. The average molecular weight is 652 g/mol. The van der Waals surface area contributed by atoms with Gasteiger partial charge in [-0.2, -0.15) is 4.31 Å². The largest absolute Gasteiger partial charge is 0.472 e. The van der Waals surface area contributed by atoms with Crippen LogP contribution in [0.3, 0.4) is 0 Å². The minimum atomic E-state index is -3.85. The highest BCUT2D eigenvalue weighted by Gasteiger charge is 2.41. The van der Waals surface area contributed by atoms with Gasteiger partial charge in [0.25, 0.3) is 0 Å². The number of sulfonamides is 1. The van der Waals surface area contributed by atoms with Crippen LogP contribution in [0.25, 0.3) is 0 Å². The highest BCUT2D eigenvalue weighted by Crippen LogP contribution is 2.44. The molecule has 0 amide bonds. The fourth-order valence-corrected chi connectivity index (χ4v) is 8.44. The van der Waals surface area contributed by atoms with Gasteiger partial charge in [-0.15, -0.1) is 16.4 Å². The summed E-state index contributed by atoms with van der Waals surface area (Å²) >= 11 is 1.60. The number of thiophene rings is 1. The quantitative estimate of drug-likeness (QED) is 0.174. The second-order valence-electron chi connectivity index (χ2n) is 11.9. The summed E-state index contributed by atoms with van der Waals surface area (Å²) in [7, 11) is -3.85. The van der Waals surface area contributed by atoms with Crippen LogP contribution in [0.4, 0.5) is 0 Å². The van der Waals surface area contributed by atoms with E-state index in [1.54, 1.807) is 34.3 Å². The lowest BCUT2D eigenvalue weighted by atomic mass is 9.75. The molecule has 0 radical (unpaired) electrons. The van der Waals surface area contributed by atoms with E-state index in [0.29, 0.717) is 19.3 Å². The second kappa shape index (κ2) is 13.8. The molecule has 2 atom stereocenters. The minimum Gasteiger partial charge on any atom is -0.472 e. The molecule has 0 saturated carbocycles. The molecule has 4 heterocycles. The van der Waals surface area contributed by atoms with Gasteiger partial charge in [0.1, 0.15) is 17.6 Å². The Labute approximate surface area is 269 Å². The van der Waals surface area contributed by atoms with Gasteiger partial charge in [0.05, 0.1) is 17.7 Å². The lowest BCUT2D eigenvalue weighted by molar-refractivity contribution is -0.156. The summed E-state index contributed by atoms with van der Waals surface area (Å²) in [6, 6.07) is 14.9. The molecular weight excluding hydrogens is 611 g/mol. The molecule has 12 heteroatoms. The van der Waals surface area contributed by atoms with Crippen LogP contribution >= 0.6 is 11.3 Å².